The van der Waals surface area contributed by atoms with Gasteiger partial charge in [0.15, 0.2) is 0 Å². The molecule has 0 amide bonds. The molecule has 0 radical (unpaired) electrons. The molecule has 0 spiro atoms. The van der Waals surface area contributed by atoms with E-state index in [9.17, 15) is 0 Å². The second kappa shape index (κ2) is 9.25. The minimum atomic E-state index is 0.560. The first-order valence-electron chi connectivity index (χ1n) is 9.17. The number of hydrogen-bond acceptors (Lipinski definition) is 1. The molecule has 1 aromatic rings. The molecule has 1 aliphatic rings. The van der Waals surface area contributed by atoms with Crippen LogP contribution in [0.15, 0.2) is 24.3 Å². The highest BCUT2D eigenvalue weighted by molar-refractivity contribution is 5.27. The van der Waals surface area contributed by atoms with E-state index in [4.69, 9.17) is 0 Å². The van der Waals surface area contributed by atoms with Crippen molar-refractivity contribution in [2.45, 2.75) is 77.7 Å². The lowest BCUT2D eigenvalue weighted by Crippen LogP contribution is -2.29. The predicted molar refractivity (Wildman–Crippen MR) is 92.7 cm³/mol. The normalized spacial score (nSPS) is 19.0. The van der Waals surface area contributed by atoms with Gasteiger partial charge in [0, 0.05) is 6.04 Å². The van der Waals surface area contributed by atoms with E-state index in [0.29, 0.717) is 6.04 Å². The van der Waals surface area contributed by atoms with Crippen LogP contribution in [0.1, 0.15) is 82.4 Å². The quantitative estimate of drug-likeness (QED) is 0.713. The summed E-state index contributed by atoms with van der Waals surface area (Å²) in [7, 11) is 0. The SMILES string of the molecule is CCCc1cccc(C(NCC)C2CCCCCCC2)c1. The summed E-state index contributed by atoms with van der Waals surface area (Å²) in [5, 5.41) is 3.79. The maximum Gasteiger partial charge on any atom is 0.0348 e. The highest BCUT2D eigenvalue weighted by Crippen LogP contribution is 2.33. The molecule has 0 heterocycles. The lowest BCUT2D eigenvalue weighted by atomic mass is 9.82. The molecule has 1 aromatic carbocycles. The van der Waals surface area contributed by atoms with Crippen molar-refractivity contribution in [2.75, 3.05) is 6.54 Å². The van der Waals surface area contributed by atoms with E-state index in [1.165, 1.54) is 68.9 Å². The number of aryl methyl sites for hydroxylation is 1. The molecule has 0 aromatic heterocycles. The van der Waals surface area contributed by atoms with E-state index in [1.54, 1.807) is 0 Å². The fourth-order valence-electron chi connectivity index (χ4n) is 3.83. The van der Waals surface area contributed by atoms with Crippen molar-refractivity contribution in [3.05, 3.63) is 35.4 Å². The van der Waals surface area contributed by atoms with Crippen LogP contribution in [0.2, 0.25) is 0 Å². The van der Waals surface area contributed by atoms with E-state index >= 15 is 0 Å². The van der Waals surface area contributed by atoms with Crippen LogP contribution < -0.4 is 5.32 Å². The molecule has 1 aliphatic carbocycles. The molecule has 1 atom stereocenters. The average molecular weight is 287 g/mol. The topological polar surface area (TPSA) is 12.0 Å². The fourth-order valence-corrected chi connectivity index (χ4v) is 3.83. The smallest absolute Gasteiger partial charge is 0.0348 e. The molecular formula is C20H33N. The second-order valence-electron chi connectivity index (χ2n) is 6.64. The third-order valence-corrected chi connectivity index (χ3v) is 4.89. The van der Waals surface area contributed by atoms with Gasteiger partial charge in [0.25, 0.3) is 0 Å². The van der Waals surface area contributed by atoms with Crippen LogP contribution in [0.3, 0.4) is 0 Å². The minimum absolute atomic E-state index is 0.560. The van der Waals surface area contributed by atoms with Gasteiger partial charge in [0.1, 0.15) is 0 Å². The standard InChI is InChI=1S/C20H33N/c1-3-11-17-12-10-15-19(16-17)20(21-4-2)18-13-8-6-5-7-9-14-18/h10,12,15-16,18,20-21H,3-9,11,13-14H2,1-2H3. The van der Waals surface area contributed by atoms with Crippen LogP contribution in [0.25, 0.3) is 0 Å². The van der Waals surface area contributed by atoms with Crippen LogP contribution >= 0.6 is 0 Å². The zero-order valence-corrected chi connectivity index (χ0v) is 14.0. The Kier molecular flexibility index (Phi) is 7.29. The Balaban J connectivity index is 2.13. The Labute approximate surface area is 131 Å². The highest BCUT2D eigenvalue weighted by Gasteiger charge is 2.23. The lowest BCUT2D eigenvalue weighted by Gasteiger charge is -2.30. The van der Waals surface area contributed by atoms with Gasteiger partial charge in [-0.3, -0.25) is 0 Å². The van der Waals surface area contributed by atoms with Crippen molar-refractivity contribution in [1.29, 1.82) is 0 Å². The van der Waals surface area contributed by atoms with Crippen molar-refractivity contribution in [3.8, 4) is 0 Å². The highest BCUT2D eigenvalue weighted by atomic mass is 14.9. The molecule has 2 rings (SSSR count). The first-order valence-corrected chi connectivity index (χ1v) is 9.17. The van der Waals surface area contributed by atoms with Gasteiger partial charge < -0.3 is 5.32 Å². The summed E-state index contributed by atoms with van der Waals surface area (Å²) in [4.78, 5) is 0. The predicted octanol–water partition coefficient (Wildman–Crippen LogP) is 5.65. The van der Waals surface area contributed by atoms with Crippen LogP contribution in [0, 0.1) is 5.92 Å². The van der Waals surface area contributed by atoms with Crippen molar-refractivity contribution in [2.24, 2.45) is 5.92 Å². The number of nitrogens with one attached hydrogen (secondary N) is 1. The van der Waals surface area contributed by atoms with Crippen molar-refractivity contribution in [1.82, 2.24) is 5.32 Å². The van der Waals surface area contributed by atoms with Crippen LogP contribution in [-0.4, -0.2) is 6.54 Å². The van der Waals surface area contributed by atoms with E-state index < -0.39 is 0 Å². The molecule has 1 saturated carbocycles. The van der Waals surface area contributed by atoms with Gasteiger partial charge in [-0.25, -0.2) is 0 Å². The summed E-state index contributed by atoms with van der Waals surface area (Å²) in [5.74, 6) is 0.821. The zero-order valence-electron chi connectivity index (χ0n) is 14.0. The molecule has 118 valence electrons. The van der Waals surface area contributed by atoms with Gasteiger partial charge >= 0.3 is 0 Å². The average Bonchev–Trinajstić information content (AvgIpc) is 2.46. The van der Waals surface area contributed by atoms with Crippen molar-refractivity contribution >= 4 is 0 Å². The van der Waals surface area contributed by atoms with Gasteiger partial charge in [-0.15, -0.1) is 0 Å². The summed E-state index contributed by atoms with van der Waals surface area (Å²) >= 11 is 0. The molecule has 1 heteroatoms. The molecule has 1 fully saturated rings. The number of benzene rings is 1. The van der Waals surface area contributed by atoms with Crippen LogP contribution in [0.5, 0.6) is 0 Å². The molecule has 0 saturated heterocycles. The molecule has 1 nitrogen and oxygen atoms in total. The molecule has 21 heavy (non-hydrogen) atoms. The summed E-state index contributed by atoms with van der Waals surface area (Å²) in [6.45, 7) is 5.58. The van der Waals surface area contributed by atoms with Gasteiger partial charge in [0.2, 0.25) is 0 Å². The Morgan fingerprint density at radius 3 is 2.43 bits per heavy atom. The molecule has 0 bridgehead atoms. The van der Waals surface area contributed by atoms with E-state index in [-0.39, 0.29) is 0 Å². The summed E-state index contributed by atoms with van der Waals surface area (Å²) in [6.07, 6.45) is 12.4. The first kappa shape index (κ1) is 16.5. The number of hydrogen-bond donors (Lipinski definition) is 1. The van der Waals surface area contributed by atoms with Crippen molar-refractivity contribution in [3.63, 3.8) is 0 Å². The zero-order chi connectivity index (χ0) is 14.9. The molecule has 0 aliphatic heterocycles. The Hall–Kier alpha value is -0.820. The van der Waals surface area contributed by atoms with Gasteiger partial charge in [-0.2, -0.15) is 0 Å². The van der Waals surface area contributed by atoms with E-state index in [0.717, 1.165) is 12.5 Å². The van der Waals surface area contributed by atoms with E-state index in [1.807, 2.05) is 0 Å². The third-order valence-electron chi connectivity index (χ3n) is 4.89. The molecular weight excluding hydrogens is 254 g/mol. The lowest BCUT2D eigenvalue weighted by molar-refractivity contribution is 0.291. The van der Waals surface area contributed by atoms with Crippen LogP contribution in [-0.2, 0) is 6.42 Å². The second-order valence-corrected chi connectivity index (χ2v) is 6.64. The summed E-state index contributed by atoms with van der Waals surface area (Å²) in [6, 6.07) is 9.90. The van der Waals surface area contributed by atoms with Gasteiger partial charge in [-0.05, 0) is 42.9 Å². The van der Waals surface area contributed by atoms with E-state index in [2.05, 4.69) is 43.4 Å². The minimum Gasteiger partial charge on any atom is -0.310 e. The largest absolute Gasteiger partial charge is 0.310 e. The maximum absolute atomic E-state index is 3.79. The Morgan fingerprint density at radius 1 is 1.05 bits per heavy atom. The maximum atomic E-state index is 3.79. The Morgan fingerprint density at radius 2 is 1.76 bits per heavy atom. The third kappa shape index (κ3) is 5.14. The van der Waals surface area contributed by atoms with Crippen molar-refractivity contribution < 1.29 is 0 Å². The fraction of sp³-hybridized carbons (Fsp3) is 0.700. The molecule has 1 unspecified atom stereocenters. The molecule has 1 N–H and O–H groups in total. The van der Waals surface area contributed by atoms with Crippen LogP contribution in [0.4, 0.5) is 0 Å². The van der Waals surface area contributed by atoms with Gasteiger partial charge in [0.05, 0.1) is 0 Å². The summed E-state index contributed by atoms with van der Waals surface area (Å²) < 4.78 is 0. The first-order chi connectivity index (χ1) is 10.3. The summed E-state index contributed by atoms with van der Waals surface area (Å²) in [5.41, 5.74) is 3.03. The number of rotatable bonds is 6. The monoisotopic (exact) mass is 287 g/mol. The Bertz CT molecular complexity index is 391. The van der Waals surface area contributed by atoms with Gasteiger partial charge in [-0.1, -0.05) is 76.6 Å².